The lowest BCUT2D eigenvalue weighted by Gasteiger charge is -2.32. The number of sulfonamides is 1. The highest BCUT2D eigenvalue weighted by atomic mass is 32.2. The number of anilines is 1. The molecule has 0 radical (unpaired) electrons. The lowest BCUT2D eigenvalue weighted by Crippen LogP contribution is -2.34. The zero-order valence-electron chi connectivity index (χ0n) is 19.3. The van der Waals surface area contributed by atoms with E-state index >= 15 is 0 Å². The fraction of sp³-hybridized carbons (Fsp3) is 0.500. The van der Waals surface area contributed by atoms with Crippen molar-refractivity contribution in [1.29, 1.82) is 5.26 Å². The van der Waals surface area contributed by atoms with Crippen LogP contribution < -0.4 is 9.62 Å². The average molecular weight is 465 g/mol. The molecule has 33 heavy (non-hydrogen) atoms. The van der Waals surface area contributed by atoms with Crippen molar-refractivity contribution >= 4 is 32.2 Å². The maximum Gasteiger partial charge on any atom is 0.211 e. The number of piperidine rings is 1. The van der Waals surface area contributed by atoms with Gasteiger partial charge in [0, 0.05) is 36.2 Å². The molecule has 174 valence electrons. The summed E-state index contributed by atoms with van der Waals surface area (Å²) in [6, 6.07) is 9.25. The van der Waals surface area contributed by atoms with E-state index in [-0.39, 0.29) is 11.8 Å². The molecular formula is C26H32N4O2S. The molecule has 1 aromatic heterocycles. The standard InChI is InChI=1S/C26H32N4O2S/c1-2-33(31,32)28-20-11-9-19(10-12-20)26-24(18-27)23-14-13-22(29-15-4-3-5-16-29)17-25(23)30(26)21-7-6-8-21/h9-11,13-14,17,20-21,28H,2-8,12,15-16H2,1H3. The molecule has 1 N–H and O–H groups in total. The van der Waals surface area contributed by atoms with Gasteiger partial charge in [-0.05, 0) is 75.6 Å². The SMILES string of the molecule is CCS(=O)(=O)NC1C=CC(c2c(C#N)c3ccc(N4CCCCC4)cc3n2C2CCC2)=CC1. The van der Waals surface area contributed by atoms with Crippen LogP contribution in [-0.2, 0) is 10.0 Å². The van der Waals surface area contributed by atoms with Crippen LogP contribution in [0.1, 0.15) is 69.2 Å². The molecule has 1 atom stereocenters. The summed E-state index contributed by atoms with van der Waals surface area (Å²) >= 11 is 0. The monoisotopic (exact) mass is 464 g/mol. The van der Waals surface area contributed by atoms with E-state index in [1.54, 1.807) is 6.92 Å². The molecule has 0 bridgehead atoms. The number of nitrogens with zero attached hydrogens (tertiary/aromatic N) is 3. The van der Waals surface area contributed by atoms with E-state index in [0.29, 0.717) is 12.5 Å². The summed E-state index contributed by atoms with van der Waals surface area (Å²) in [6.07, 6.45) is 13.8. The second-order valence-corrected chi connectivity index (χ2v) is 11.5. The molecule has 2 aromatic rings. The van der Waals surface area contributed by atoms with Gasteiger partial charge in [-0.25, -0.2) is 13.1 Å². The van der Waals surface area contributed by atoms with Gasteiger partial charge in [0.15, 0.2) is 0 Å². The van der Waals surface area contributed by atoms with Gasteiger partial charge < -0.3 is 9.47 Å². The van der Waals surface area contributed by atoms with Crippen molar-refractivity contribution in [3.05, 3.63) is 47.7 Å². The first-order valence-electron chi connectivity index (χ1n) is 12.2. The Balaban J connectivity index is 1.56. The van der Waals surface area contributed by atoms with Crippen LogP contribution in [-0.4, -0.2) is 37.9 Å². The highest BCUT2D eigenvalue weighted by molar-refractivity contribution is 7.89. The van der Waals surface area contributed by atoms with Gasteiger partial charge in [-0.1, -0.05) is 18.2 Å². The summed E-state index contributed by atoms with van der Waals surface area (Å²) in [4.78, 5) is 2.47. The molecule has 1 aliphatic heterocycles. The van der Waals surface area contributed by atoms with E-state index in [2.05, 4.69) is 44.5 Å². The van der Waals surface area contributed by atoms with Crippen molar-refractivity contribution in [2.24, 2.45) is 0 Å². The minimum atomic E-state index is -3.26. The Labute approximate surface area is 196 Å². The van der Waals surface area contributed by atoms with Crippen LogP contribution in [0, 0.1) is 11.3 Å². The highest BCUT2D eigenvalue weighted by Crippen LogP contribution is 2.42. The Morgan fingerprint density at radius 2 is 1.94 bits per heavy atom. The van der Waals surface area contributed by atoms with E-state index in [0.717, 1.165) is 53.7 Å². The average Bonchev–Trinajstić information content (AvgIpc) is 3.12. The van der Waals surface area contributed by atoms with Gasteiger partial charge in [0.1, 0.15) is 6.07 Å². The predicted molar refractivity (Wildman–Crippen MR) is 134 cm³/mol. The maximum atomic E-state index is 12.0. The molecule has 3 aliphatic rings. The van der Waals surface area contributed by atoms with Crippen molar-refractivity contribution in [1.82, 2.24) is 9.29 Å². The van der Waals surface area contributed by atoms with Crippen molar-refractivity contribution in [2.75, 3.05) is 23.7 Å². The summed E-state index contributed by atoms with van der Waals surface area (Å²) in [5.41, 5.74) is 5.13. The van der Waals surface area contributed by atoms with Crippen molar-refractivity contribution < 1.29 is 8.42 Å². The largest absolute Gasteiger partial charge is 0.371 e. The van der Waals surface area contributed by atoms with Gasteiger partial charge in [0.05, 0.1) is 22.5 Å². The fourth-order valence-electron chi connectivity index (χ4n) is 5.27. The van der Waals surface area contributed by atoms with Gasteiger partial charge in [-0.2, -0.15) is 5.26 Å². The molecule has 2 heterocycles. The molecular weight excluding hydrogens is 432 g/mol. The first-order valence-corrected chi connectivity index (χ1v) is 13.9. The summed E-state index contributed by atoms with van der Waals surface area (Å²) < 4.78 is 29.1. The van der Waals surface area contributed by atoms with E-state index < -0.39 is 10.0 Å². The summed E-state index contributed by atoms with van der Waals surface area (Å²) in [6.45, 7) is 3.83. The topological polar surface area (TPSA) is 78.1 Å². The van der Waals surface area contributed by atoms with Crippen LogP contribution in [0.5, 0.6) is 0 Å². The quantitative estimate of drug-likeness (QED) is 0.661. The lowest BCUT2D eigenvalue weighted by molar-refractivity contribution is 0.320. The number of benzene rings is 1. The summed E-state index contributed by atoms with van der Waals surface area (Å²) in [5, 5.41) is 11.2. The van der Waals surface area contributed by atoms with E-state index in [4.69, 9.17) is 0 Å². The zero-order valence-corrected chi connectivity index (χ0v) is 20.1. The summed E-state index contributed by atoms with van der Waals surface area (Å²) in [5.74, 6) is 0.0712. The van der Waals surface area contributed by atoms with Crippen molar-refractivity contribution in [3.8, 4) is 6.07 Å². The first kappa shape index (κ1) is 22.2. The van der Waals surface area contributed by atoms with Crippen LogP contribution in [0.25, 0.3) is 16.5 Å². The third-order valence-corrected chi connectivity index (χ3v) is 8.77. The molecule has 1 saturated heterocycles. The molecule has 6 nitrogen and oxygen atoms in total. The number of fused-ring (bicyclic) bond motifs is 1. The minimum Gasteiger partial charge on any atom is -0.371 e. The zero-order chi connectivity index (χ0) is 23.0. The third-order valence-electron chi connectivity index (χ3n) is 7.34. The Bertz CT molecular complexity index is 1260. The Hall–Kier alpha value is -2.56. The Morgan fingerprint density at radius 1 is 1.15 bits per heavy atom. The van der Waals surface area contributed by atoms with Gasteiger partial charge in [0.25, 0.3) is 0 Å². The molecule has 1 unspecified atom stereocenters. The minimum absolute atomic E-state index is 0.0712. The van der Waals surface area contributed by atoms with Crippen molar-refractivity contribution in [3.63, 3.8) is 0 Å². The molecule has 1 saturated carbocycles. The van der Waals surface area contributed by atoms with E-state index in [1.165, 1.54) is 31.4 Å². The molecule has 0 amide bonds. The number of nitrogens with one attached hydrogen (secondary N) is 1. The van der Waals surface area contributed by atoms with Crippen LogP contribution in [0.3, 0.4) is 0 Å². The fourth-order valence-corrected chi connectivity index (χ4v) is 6.07. The number of aromatic nitrogens is 1. The van der Waals surface area contributed by atoms with Crippen molar-refractivity contribution in [2.45, 2.75) is 64.0 Å². The molecule has 2 aliphatic carbocycles. The summed E-state index contributed by atoms with van der Waals surface area (Å²) in [7, 11) is -3.26. The molecule has 0 spiro atoms. The molecule has 7 heteroatoms. The Morgan fingerprint density at radius 3 is 2.55 bits per heavy atom. The Kier molecular flexibility index (Phi) is 6.07. The molecule has 1 aromatic carbocycles. The maximum absolute atomic E-state index is 12.0. The van der Waals surface area contributed by atoms with E-state index in [1.807, 2.05) is 12.2 Å². The molecule has 2 fully saturated rings. The normalized spacial score (nSPS) is 21.6. The van der Waals surface area contributed by atoms with Crippen LogP contribution in [0.15, 0.2) is 36.4 Å². The van der Waals surface area contributed by atoms with Crippen LogP contribution in [0.4, 0.5) is 5.69 Å². The van der Waals surface area contributed by atoms with Gasteiger partial charge in [0.2, 0.25) is 10.0 Å². The first-order chi connectivity index (χ1) is 16.0. The highest BCUT2D eigenvalue weighted by Gasteiger charge is 2.29. The van der Waals surface area contributed by atoms with Gasteiger partial charge >= 0.3 is 0 Å². The van der Waals surface area contributed by atoms with E-state index in [9.17, 15) is 13.7 Å². The number of hydrogen-bond acceptors (Lipinski definition) is 4. The number of nitriles is 1. The second kappa shape index (κ2) is 9.00. The van der Waals surface area contributed by atoms with Gasteiger partial charge in [-0.15, -0.1) is 0 Å². The third kappa shape index (κ3) is 4.22. The smallest absolute Gasteiger partial charge is 0.211 e. The molecule has 5 rings (SSSR count). The van der Waals surface area contributed by atoms with Crippen LogP contribution >= 0.6 is 0 Å². The van der Waals surface area contributed by atoms with Gasteiger partial charge in [-0.3, -0.25) is 0 Å². The predicted octanol–water partition coefficient (Wildman–Crippen LogP) is 4.88. The second-order valence-electron chi connectivity index (χ2n) is 9.42. The van der Waals surface area contributed by atoms with Crippen LogP contribution in [0.2, 0.25) is 0 Å². The lowest BCUT2D eigenvalue weighted by atomic mass is 9.91. The number of hydrogen-bond donors (Lipinski definition) is 1. The number of allylic oxidation sites excluding steroid dienone is 2. The number of rotatable bonds is 6.